The molecule has 0 aliphatic rings. The molecule has 2 rings (SSSR count). The number of hydrogen-bond donors (Lipinski definition) is 0. The molecule has 0 amide bonds. The van der Waals surface area contributed by atoms with Gasteiger partial charge in [0.15, 0.2) is 6.79 Å². The number of Topliss-reactive ketones (excluding diaryl/α,β-unsaturated/α-hetero) is 1. The maximum atomic E-state index is 12.1. The molecular formula is C22H28O4. The van der Waals surface area contributed by atoms with Crippen LogP contribution in [0.5, 0.6) is 5.75 Å². The molecule has 0 fully saturated rings. The largest absolute Gasteiger partial charge is 0.467 e. The van der Waals surface area contributed by atoms with Crippen molar-refractivity contribution >= 4 is 5.78 Å². The van der Waals surface area contributed by atoms with Crippen molar-refractivity contribution in [2.75, 3.05) is 20.0 Å². The number of carbonyl (C=O) groups is 1. The van der Waals surface area contributed by atoms with Crippen molar-refractivity contribution in [3.05, 3.63) is 65.7 Å². The summed E-state index contributed by atoms with van der Waals surface area (Å²) in [5, 5.41) is 0. The first kappa shape index (κ1) is 20.1. The molecular weight excluding hydrogens is 328 g/mol. The SMILES string of the molecule is CCOCOc1ccccc1CCC(=O)CCCOCc1ccccc1. The molecule has 4 nitrogen and oxygen atoms in total. The first-order chi connectivity index (χ1) is 12.8. The van der Waals surface area contributed by atoms with Crippen LogP contribution in [0.4, 0.5) is 0 Å². The molecule has 0 atom stereocenters. The Hall–Kier alpha value is -2.17. The molecule has 0 N–H and O–H groups in total. The molecule has 2 aromatic carbocycles. The predicted octanol–water partition coefficient (Wildman–Crippen LogP) is 4.56. The Balaban J connectivity index is 1.62. The maximum Gasteiger partial charge on any atom is 0.189 e. The fraction of sp³-hybridized carbons (Fsp3) is 0.409. The summed E-state index contributed by atoms with van der Waals surface area (Å²) in [4.78, 5) is 12.1. The summed E-state index contributed by atoms with van der Waals surface area (Å²) in [5.74, 6) is 1.05. The molecule has 2 aromatic rings. The van der Waals surface area contributed by atoms with Crippen LogP contribution in [0.3, 0.4) is 0 Å². The molecule has 0 radical (unpaired) electrons. The lowest BCUT2D eigenvalue weighted by Gasteiger charge is -2.11. The normalized spacial score (nSPS) is 10.7. The van der Waals surface area contributed by atoms with Gasteiger partial charge in [0.25, 0.3) is 0 Å². The van der Waals surface area contributed by atoms with Crippen LogP contribution >= 0.6 is 0 Å². The summed E-state index contributed by atoms with van der Waals surface area (Å²) in [5.41, 5.74) is 2.20. The Labute approximate surface area is 156 Å². The Morgan fingerprint density at radius 3 is 2.50 bits per heavy atom. The van der Waals surface area contributed by atoms with Gasteiger partial charge >= 0.3 is 0 Å². The van der Waals surface area contributed by atoms with Crippen molar-refractivity contribution in [3.63, 3.8) is 0 Å². The van der Waals surface area contributed by atoms with Gasteiger partial charge in [-0.05, 0) is 37.0 Å². The van der Waals surface area contributed by atoms with E-state index in [1.807, 2.05) is 61.5 Å². The molecule has 0 aliphatic heterocycles. The lowest BCUT2D eigenvalue weighted by molar-refractivity contribution is -0.119. The summed E-state index contributed by atoms with van der Waals surface area (Å²) in [6, 6.07) is 17.9. The highest BCUT2D eigenvalue weighted by Crippen LogP contribution is 2.20. The van der Waals surface area contributed by atoms with Crippen molar-refractivity contribution < 1.29 is 19.0 Å². The highest BCUT2D eigenvalue weighted by Gasteiger charge is 2.07. The van der Waals surface area contributed by atoms with Crippen LogP contribution in [-0.4, -0.2) is 25.8 Å². The zero-order valence-corrected chi connectivity index (χ0v) is 15.5. The number of ketones is 1. The van der Waals surface area contributed by atoms with Gasteiger partial charge in [0.2, 0.25) is 0 Å². The van der Waals surface area contributed by atoms with E-state index in [9.17, 15) is 4.79 Å². The minimum absolute atomic E-state index is 0.236. The summed E-state index contributed by atoms with van der Waals surface area (Å²) >= 11 is 0. The maximum absolute atomic E-state index is 12.1. The van der Waals surface area contributed by atoms with E-state index in [1.54, 1.807) is 0 Å². The van der Waals surface area contributed by atoms with Crippen LogP contribution in [0.2, 0.25) is 0 Å². The minimum atomic E-state index is 0.236. The van der Waals surface area contributed by atoms with Crippen LogP contribution in [0, 0.1) is 0 Å². The molecule has 26 heavy (non-hydrogen) atoms. The minimum Gasteiger partial charge on any atom is -0.467 e. The number of rotatable bonds is 13. The third-order valence-corrected chi connectivity index (χ3v) is 4.00. The zero-order valence-electron chi connectivity index (χ0n) is 15.5. The van der Waals surface area contributed by atoms with Crippen molar-refractivity contribution in [1.29, 1.82) is 0 Å². The van der Waals surface area contributed by atoms with Crippen LogP contribution in [0.1, 0.15) is 37.3 Å². The lowest BCUT2D eigenvalue weighted by atomic mass is 10.0. The van der Waals surface area contributed by atoms with Crippen molar-refractivity contribution in [2.24, 2.45) is 0 Å². The Morgan fingerprint density at radius 2 is 1.69 bits per heavy atom. The molecule has 0 saturated heterocycles. The first-order valence-corrected chi connectivity index (χ1v) is 9.21. The Kier molecular flexibility index (Phi) is 9.47. The van der Waals surface area contributed by atoms with Gasteiger partial charge in [-0.3, -0.25) is 4.79 Å². The van der Waals surface area contributed by atoms with Gasteiger partial charge in [0, 0.05) is 26.1 Å². The third kappa shape index (κ3) is 7.81. The quantitative estimate of drug-likeness (QED) is 0.390. The molecule has 0 aromatic heterocycles. The van der Waals surface area contributed by atoms with Gasteiger partial charge in [0.05, 0.1) is 6.61 Å². The van der Waals surface area contributed by atoms with E-state index in [1.165, 1.54) is 0 Å². The topological polar surface area (TPSA) is 44.8 Å². The first-order valence-electron chi connectivity index (χ1n) is 9.21. The van der Waals surface area contributed by atoms with E-state index >= 15 is 0 Å². The van der Waals surface area contributed by atoms with Crippen LogP contribution in [0.15, 0.2) is 54.6 Å². The monoisotopic (exact) mass is 356 g/mol. The number of benzene rings is 2. The average Bonchev–Trinajstić information content (AvgIpc) is 2.68. The van der Waals surface area contributed by atoms with E-state index in [4.69, 9.17) is 14.2 Å². The Bertz CT molecular complexity index is 640. The predicted molar refractivity (Wildman–Crippen MR) is 102 cm³/mol. The second kappa shape index (κ2) is 12.2. The average molecular weight is 356 g/mol. The van der Waals surface area contributed by atoms with Crippen LogP contribution in [-0.2, 0) is 27.3 Å². The van der Waals surface area contributed by atoms with E-state index in [0.29, 0.717) is 39.1 Å². The number of ether oxygens (including phenoxy) is 3. The lowest BCUT2D eigenvalue weighted by Crippen LogP contribution is -2.06. The standard InChI is InChI=1S/C22H28O4/c1-2-24-18-26-22-13-7-6-11-20(22)14-15-21(23)12-8-16-25-17-19-9-4-3-5-10-19/h3-7,9-11,13H,2,8,12,14-18H2,1H3. The highest BCUT2D eigenvalue weighted by molar-refractivity contribution is 5.78. The van der Waals surface area contributed by atoms with Crippen LogP contribution < -0.4 is 4.74 Å². The summed E-state index contributed by atoms with van der Waals surface area (Å²) in [6.07, 6.45) is 2.52. The van der Waals surface area contributed by atoms with Crippen molar-refractivity contribution in [2.45, 2.75) is 39.2 Å². The smallest absolute Gasteiger partial charge is 0.189 e. The van der Waals surface area contributed by atoms with Gasteiger partial charge in [-0.2, -0.15) is 0 Å². The Morgan fingerprint density at radius 1 is 0.923 bits per heavy atom. The van der Waals surface area contributed by atoms with Gasteiger partial charge in [-0.25, -0.2) is 0 Å². The number of aryl methyl sites for hydroxylation is 1. The second-order valence-electron chi connectivity index (χ2n) is 6.04. The summed E-state index contributed by atoms with van der Waals surface area (Å²) < 4.78 is 16.5. The van der Waals surface area contributed by atoms with Gasteiger partial charge < -0.3 is 14.2 Å². The van der Waals surface area contributed by atoms with Gasteiger partial charge in [-0.1, -0.05) is 48.5 Å². The van der Waals surface area contributed by atoms with E-state index in [-0.39, 0.29) is 12.6 Å². The van der Waals surface area contributed by atoms with E-state index in [0.717, 1.165) is 23.3 Å². The fourth-order valence-electron chi connectivity index (χ4n) is 2.57. The number of para-hydroxylation sites is 1. The summed E-state index contributed by atoms with van der Waals surface area (Å²) in [6.45, 7) is 3.99. The number of hydrogen-bond acceptors (Lipinski definition) is 4. The summed E-state index contributed by atoms with van der Waals surface area (Å²) in [7, 11) is 0. The fourth-order valence-corrected chi connectivity index (χ4v) is 2.57. The molecule has 0 saturated carbocycles. The van der Waals surface area contributed by atoms with Crippen molar-refractivity contribution in [1.82, 2.24) is 0 Å². The van der Waals surface area contributed by atoms with Gasteiger partial charge in [-0.15, -0.1) is 0 Å². The van der Waals surface area contributed by atoms with E-state index in [2.05, 4.69) is 0 Å². The molecule has 4 heteroatoms. The highest BCUT2D eigenvalue weighted by atomic mass is 16.7. The second-order valence-corrected chi connectivity index (χ2v) is 6.04. The van der Waals surface area contributed by atoms with Crippen molar-refractivity contribution in [3.8, 4) is 5.75 Å². The third-order valence-electron chi connectivity index (χ3n) is 4.00. The zero-order chi connectivity index (χ0) is 18.5. The number of carbonyl (C=O) groups excluding carboxylic acids is 1. The van der Waals surface area contributed by atoms with E-state index < -0.39 is 0 Å². The molecule has 0 unspecified atom stereocenters. The molecule has 0 spiro atoms. The van der Waals surface area contributed by atoms with Gasteiger partial charge in [0.1, 0.15) is 11.5 Å². The molecule has 0 bridgehead atoms. The molecule has 0 aliphatic carbocycles. The van der Waals surface area contributed by atoms with Crippen LogP contribution in [0.25, 0.3) is 0 Å². The molecule has 0 heterocycles. The molecule has 140 valence electrons.